The first-order valence-electron chi connectivity index (χ1n) is 5.36. The van der Waals surface area contributed by atoms with Gasteiger partial charge in [-0.3, -0.25) is 14.8 Å². The van der Waals surface area contributed by atoms with E-state index in [2.05, 4.69) is 9.98 Å². The van der Waals surface area contributed by atoms with Crippen LogP contribution >= 0.6 is 0 Å². The zero-order chi connectivity index (χ0) is 12.7. The Balaban J connectivity index is 2.12. The molecule has 0 fully saturated rings. The fourth-order valence-corrected chi connectivity index (χ4v) is 2.08. The number of fused-ring (bicyclic) bond motifs is 3. The maximum atomic E-state index is 12.0. The van der Waals surface area contributed by atoms with Crippen LogP contribution in [0.1, 0.15) is 0 Å². The van der Waals surface area contributed by atoms with Crippen molar-refractivity contribution in [3.63, 3.8) is 0 Å². The third-order valence-corrected chi connectivity index (χ3v) is 2.96. The summed E-state index contributed by atoms with van der Waals surface area (Å²) in [6.07, 6.45) is 9.84. The highest BCUT2D eigenvalue weighted by molar-refractivity contribution is 6.38. The number of carbonyl (C=O) groups is 2. The van der Waals surface area contributed by atoms with E-state index in [0.717, 1.165) is 11.8 Å². The van der Waals surface area contributed by atoms with E-state index in [-0.39, 0.29) is 11.6 Å². The minimum absolute atomic E-state index is 0.300. The van der Waals surface area contributed by atoms with Crippen molar-refractivity contribution in [3.8, 4) is 0 Å². The molecule has 0 aromatic rings. The van der Waals surface area contributed by atoms with E-state index < -0.39 is 11.8 Å². The monoisotopic (exact) mass is 240 g/mol. The summed E-state index contributed by atoms with van der Waals surface area (Å²) < 4.78 is 0. The Kier molecular flexibility index (Phi) is 2.19. The van der Waals surface area contributed by atoms with Crippen molar-refractivity contribution in [2.75, 3.05) is 0 Å². The largest absolute Gasteiger partial charge is 0.477 e. The zero-order valence-electron chi connectivity index (χ0n) is 9.20. The number of Topliss-reactive ketones (excluding diaryl/α,β-unsaturated/α-hetero) is 1. The van der Waals surface area contributed by atoms with Crippen molar-refractivity contribution in [3.05, 3.63) is 47.2 Å². The average molecular weight is 240 g/mol. The summed E-state index contributed by atoms with van der Waals surface area (Å²) >= 11 is 0. The molecule has 0 bridgehead atoms. The lowest BCUT2D eigenvalue weighted by Gasteiger charge is -2.25. The highest BCUT2D eigenvalue weighted by Crippen LogP contribution is 2.27. The SMILES string of the molecule is O=C(O)C1=CN=C2C(=CC=C3C=CC=NC32)C1=O. The molecule has 0 aromatic carbocycles. The first-order chi connectivity index (χ1) is 8.68. The molecular weight excluding hydrogens is 232 g/mol. The number of carbonyl (C=O) groups excluding carboxylic acids is 1. The van der Waals surface area contributed by atoms with Crippen LogP contribution in [0, 0.1) is 0 Å². The minimum atomic E-state index is -1.26. The molecule has 1 aliphatic carbocycles. The van der Waals surface area contributed by atoms with Gasteiger partial charge in [-0.15, -0.1) is 0 Å². The summed E-state index contributed by atoms with van der Waals surface area (Å²) in [4.78, 5) is 31.2. The van der Waals surface area contributed by atoms with Crippen LogP contribution in [0.15, 0.2) is 57.2 Å². The second-order valence-electron chi connectivity index (χ2n) is 4.00. The molecule has 18 heavy (non-hydrogen) atoms. The van der Waals surface area contributed by atoms with Gasteiger partial charge in [0.15, 0.2) is 0 Å². The molecule has 3 aliphatic rings. The van der Waals surface area contributed by atoms with Gasteiger partial charge in [0.25, 0.3) is 0 Å². The lowest BCUT2D eigenvalue weighted by molar-refractivity contribution is -0.134. The molecule has 1 N–H and O–H groups in total. The third kappa shape index (κ3) is 1.41. The van der Waals surface area contributed by atoms with Crippen molar-refractivity contribution >= 4 is 23.7 Å². The van der Waals surface area contributed by atoms with Crippen LogP contribution in [-0.2, 0) is 9.59 Å². The van der Waals surface area contributed by atoms with Crippen LogP contribution < -0.4 is 0 Å². The molecule has 1 atom stereocenters. The van der Waals surface area contributed by atoms with Gasteiger partial charge in [-0.2, -0.15) is 0 Å². The van der Waals surface area contributed by atoms with Crippen LogP contribution in [0.4, 0.5) is 0 Å². The lowest BCUT2D eigenvalue weighted by atomic mass is 9.85. The summed E-state index contributed by atoms with van der Waals surface area (Å²) in [7, 11) is 0. The van der Waals surface area contributed by atoms with Gasteiger partial charge >= 0.3 is 5.97 Å². The Morgan fingerprint density at radius 3 is 2.94 bits per heavy atom. The van der Waals surface area contributed by atoms with E-state index in [1.807, 2.05) is 12.2 Å². The number of ketones is 1. The van der Waals surface area contributed by atoms with Crippen molar-refractivity contribution in [2.24, 2.45) is 9.98 Å². The van der Waals surface area contributed by atoms with Gasteiger partial charge in [0.2, 0.25) is 5.78 Å². The van der Waals surface area contributed by atoms with Gasteiger partial charge in [-0.05, 0) is 17.7 Å². The Labute approximate surface area is 102 Å². The highest BCUT2D eigenvalue weighted by atomic mass is 16.4. The van der Waals surface area contributed by atoms with E-state index >= 15 is 0 Å². The van der Waals surface area contributed by atoms with Crippen LogP contribution in [0.3, 0.4) is 0 Å². The number of aliphatic carboxylic acids is 1. The number of carboxylic acid groups (broad SMARTS) is 1. The van der Waals surface area contributed by atoms with Gasteiger partial charge in [0, 0.05) is 18.0 Å². The molecule has 3 rings (SSSR count). The highest BCUT2D eigenvalue weighted by Gasteiger charge is 2.34. The molecule has 88 valence electrons. The lowest BCUT2D eigenvalue weighted by Crippen LogP contribution is -2.33. The summed E-state index contributed by atoms with van der Waals surface area (Å²) in [6.45, 7) is 0. The average Bonchev–Trinajstić information content (AvgIpc) is 2.38. The number of dihydropyridines is 1. The van der Waals surface area contributed by atoms with E-state index in [1.165, 1.54) is 0 Å². The predicted octanol–water partition coefficient (Wildman–Crippen LogP) is 0.854. The van der Waals surface area contributed by atoms with E-state index in [9.17, 15) is 9.59 Å². The molecule has 2 heterocycles. The summed E-state index contributed by atoms with van der Waals surface area (Å²) in [5, 5.41) is 8.89. The van der Waals surface area contributed by atoms with E-state index in [0.29, 0.717) is 11.3 Å². The quantitative estimate of drug-likeness (QED) is 0.690. The molecule has 0 amide bonds. The van der Waals surface area contributed by atoms with Crippen LogP contribution in [0.25, 0.3) is 0 Å². The molecule has 5 heteroatoms. The molecule has 2 aliphatic heterocycles. The topological polar surface area (TPSA) is 79.1 Å². The predicted molar refractivity (Wildman–Crippen MR) is 65.7 cm³/mol. The van der Waals surface area contributed by atoms with Gasteiger partial charge in [-0.1, -0.05) is 12.2 Å². The zero-order valence-corrected chi connectivity index (χ0v) is 9.20. The van der Waals surface area contributed by atoms with Crippen molar-refractivity contribution in [1.82, 2.24) is 0 Å². The molecule has 5 nitrogen and oxygen atoms in total. The summed E-state index contributed by atoms with van der Waals surface area (Å²) in [5.74, 6) is -1.77. The van der Waals surface area contributed by atoms with Crippen molar-refractivity contribution < 1.29 is 14.7 Å². The van der Waals surface area contributed by atoms with Gasteiger partial charge < -0.3 is 5.11 Å². The smallest absolute Gasteiger partial charge is 0.341 e. The minimum Gasteiger partial charge on any atom is -0.477 e. The van der Waals surface area contributed by atoms with Crippen LogP contribution in [-0.4, -0.2) is 34.8 Å². The maximum Gasteiger partial charge on any atom is 0.341 e. The van der Waals surface area contributed by atoms with E-state index in [4.69, 9.17) is 5.11 Å². The molecule has 0 saturated carbocycles. The molecule has 0 aromatic heterocycles. The van der Waals surface area contributed by atoms with Crippen molar-refractivity contribution in [1.29, 1.82) is 0 Å². The van der Waals surface area contributed by atoms with Crippen molar-refractivity contribution in [2.45, 2.75) is 6.04 Å². The fourth-order valence-electron chi connectivity index (χ4n) is 2.08. The standard InChI is InChI=1S/C13H8N2O3/c16-12-8-4-3-7-2-1-5-14-10(7)11(8)15-6-9(12)13(17)18/h1-6,10H,(H,17,18). The maximum absolute atomic E-state index is 12.0. The number of rotatable bonds is 1. The Morgan fingerprint density at radius 1 is 1.33 bits per heavy atom. The first-order valence-corrected chi connectivity index (χ1v) is 5.36. The number of aliphatic imine (C=N–C) groups is 2. The third-order valence-electron chi connectivity index (χ3n) is 2.96. The van der Waals surface area contributed by atoms with Gasteiger partial charge in [0.1, 0.15) is 11.6 Å². The number of hydrogen-bond acceptors (Lipinski definition) is 4. The van der Waals surface area contributed by atoms with Gasteiger partial charge in [-0.25, -0.2) is 4.79 Å². The Morgan fingerprint density at radius 2 is 2.17 bits per heavy atom. The fraction of sp³-hybridized carbons (Fsp3) is 0.0769. The molecule has 0 radical (unpaired) electrons. The van der Waals surface area contributed by atoms with Crippen LogP contribution in [0.5, 0.6) is 0 Å². The Hall–Kier alpha value is -2.56. The number of nitrogens with zero attached hydrogens (tertiary/aromatic N) is 2. The second kappa shape index (κ2) is 3.73. The molecular formula is C13H8N2O3. The number of allylic oxidation sites excluding steroid dienone is 3. The summed E-state index contributed by atoms with van der Waals surface area (Å²) in [6, 6.07) is -0.300. The van der Waals surface area contributed by atoms with Crippen LogP contribution in [0.2, 0.25) is 0 Å². The molecule has 0 spiro atoms. The number of carboxylic acids is 1. The summed E-state index contributed by atoms with van der Waals surface area (Å²) in [5.41, 5.74) is 1.47. The second-order valence-corrected chi connectivity index (χ2v) is 4.00. The normalized spacial score (nSPS) is 24.4. The molecule has 1 unspecified atom stereocenters. The Bertz CT molecular complexity index is 645. The molecule has 0 saturated heterocycles. The number of hydrogen-bond donors (Lipinski definition) is 1. The van der Waals surface area contributed by atoms with Gasteiger partial charge in [0.05, 0.1) is 5.71 Å². The van der Waals surface area contributed by atoms with E-state index in [1.54, 1.807) is 18.4 Å². The first kappa shape index (κ1) is 10.6.